The maximum Gasteiger partial charge on any atom is 0.124 e. The number of para-hydroxylation sites is 1. The first-order chi connectivity index (χ1) is 8.81. The Morgan fingerprint density at radius 3 is 2.83 bits per heavy atom. The normalized spacial score (nSPS) is 12.3. The Balaban J connectivity index is 1.96. The lowest BCUT2D eigenvalue weighted by Crippen LogP contribution is -2.11. The Morgan fingerprint density at radius 1 is 1.28 bits per heavy atom. The van der Waals surface area contributed by atoms with Crippen LogP contribution in [0.5, 0.6) is 5.75 Å². The summed E-state index contributed by atoms with van der Waals surface area (Å²) >= 11 is 1.72. The second-order valence-corrected chi connectivity index (χ2v) is 5.06. The van der Waals surface area contributed by atoms with Crippen LogP contribution in [0.3, 0.4) is 0 Å². The van der Waals surface area contributed by atoms with E-state index in [0.717, 1.165) is 24.2 Å². The van der Waals surface area contributed by atoms with Crippen LogP contribution in [-0.2, 0) is 6.42 Å². The third kappa shape index (κ3) is 3.34. The van der Waals surface area contributed by atoms with Crippen molar-refractivity contribution < 1.29 is 4.74 Å². The number of thiophene rings is 1. The topological polar surface area (TPSA) is 35.2 Å². The minimum Gasteiger partial charge on any atom is -0.493 e. The fourth-order valence-corrected chi connectivity index (χ4v) is 2.56. The SMILES string of the molecule is CC[C@H](N)c1ccccc1OCCc1ccsc1. The molecule has 0 saturated carbocycles. The Bertz CT molecular complexity index is 467. The van der Waals surface area contributed by atoms with Crippen LogP contribution in [0.4, 0.5) is 0 Å². The quantitative estimate of drug-likeness (QED) is 0.859. The lowest BCUT2D eigenvalue weighted by Gasteiger charge is -2.15. The zero-order chi connectivity index (χ0) is 12.8. The van der Waals surface area contributed by atoms with Gasteiger partial charge in [-0.05, 0) is 34.9 Å². The second kappa shape index (κ2) is 6.57. The lowest BCUT2D eigenvalue weighted by atomic mass is 10.0. The van der Waals surface area contributed by atoms with Gasteiger partial charge in [-0.1, -0.05) is 25.1 Å². The molecule has 0 fully saturated rings. The van der Waals surface area contributed by atoms with Crippen LogP contribution in [0.15, 0.2) is 41.1 Å². The third-order valence-electron chi connectivity index (χ3n) is 2.99. The van der Waals surface area contributed by atoms with Gasteiger partial charge in [-0.15, -0.1) is 0 Å². The van der Waals surface area contributed by atoms with Crippen molar-refractivity contribution in [3.05, 3.63) is 52.2 Å². The van der Waals surface area contributed by atoms with Crippen molar-refractivity contribution in [1.82, 2.24) is 0 Å². The molecule has 0 saturated heterocycles. The summed E-state index contributed by atoms with van der Waals surface area (Å²) in [6.07, 6.45) is 1.87. The predicted octanol–water partition coefficient (Wildman–Crippen LogP) is 3.78. The van der Waals surface area contributed by atoms with Gasteiger partial charge in [-0.25, -0.2) is 0 Å². The molecule has 2 aromatic rings. The molecule has 1 aromatic carbocycles. The molecule has 2 nitrogen and oxygen atoms in total. The van der Waals surface area contributed by atoms with Crippen molar-refractivity contribution >= 4 is 11.3 Å². The Morgan fingerprint density at radius 2 is 2.11 bits per heavy atom. The molecule has 0 radical (unpaired) electrons. The van der Waals surface area contributed by atoms with Crippen molar-refractivity contribution in [3.63, 3.8) is 0 Å². The van der Waals surface area contributed by atoms with Crippen LogP contribution in [0.25, 0.3) is 0 Å². The van der Waals surface area contributed by atoms with Crippen LogP contribution in [0.2, 0.25) is 0 Å². The van der Waals surface area contributed by atoms with E-state index in [1.54, 1.807) is 11.3 Å². The van der Waals surface area contributed by atoms with E-state index in [1.807, 2.05) is 24.3 Å². The molecule has 2 rings (SSSR count). The van der Waals surface area contributed by atoms with Crippen LogP contribution >= 0.6 is 11.3 Å². The summed E-state index contributed by atoms with van der Waals surface area (Å²) < 4.78 is 5.86. The first-order valence-electron chi connectivity index (χ1n) is 6.29. The molecule has 2 N–H and O–H groups in total. The highest BCUT2D eigenvalue weighted by Gasteiger charge is 2.09. The molecule has 3 heteroatoms. The van der Waals surface area contributed by atoms with Crippen molar-refractivity contribution in [2.75, 3.05) is 6.61 Å². The van der Waals surface area contributed by atoms with E-state index in [9.17, 15) is 0 Å². The van der Waals surface area contributed by atoms with Gasteiger partial charge in [0.15, 0.2) is 0 Å². The minimum atomic E-state index is 0.0577. The minimum absolute atomic E-state index is 0.0577. The summed E-state index contributed by atoms with van der Waals surface area (Å²) in [5.74, 6) is 0.919. The summed E-state index contributed by atoms with van der Waals surface area (Å²) in [6.45, 7) is 2.79. The molecule has 0 amide bonds. The molecular formula is C15H19NOS. The monoisotopic (exact) mass is 261 g/mol. The molecule has 18 heavy (non-hydrogen) atoms. The molecule has 0 aliphatic carbocycles. The van der Waals surface area contributed by atoms with Crippen LogP contribution < -0.4 is 10.5 Å². The average molecular weight is 261 g/mol. The number of benzene rings is 1. The Kier molecular flexibility index (Phi) is 4.79. The molecule has 1 aromatic heterocycles. The number of rotatable bonds is 6. The fourth-order valence-electron chi connectivity index (χ4n) is 1.85. The number of hydrogen-bond acceptors (Lipinski definition) is 3. The largest absolute Gasteiger partial charge is 0.493 e. The average Bonchev–Trinajstić information content (AvgIpc) is 2.92. The van der Waals surface area contributed by atoms with Crippen molar-refractivity contribution in [2.24, 2.45) is 5.73 Å². The molecular weight excluding hydrogens is 242 g/mol. The van der Waals surface area contributed by atoms with E-state index in [2.05, 4.69) is 23.8 Å². The maximum absolute atomic E-state index is 6.08. The van der Waals surface area contributed by atoms with E-state index in [-0.39, 0.29) is 6.04 Å². The molecule has 96 valence electrons. The first-order valence-corrected chi connectivity index (χ1v) is 7.24. The van der Waals surface area contributed by atoms with Gasteiger partial charge in [0, 0.05) is 18.0 Å². The summed E-state index contributed by atoms with van der Waals surface area (Å²) in [5, 5.41) is 4.25. The molecule has 0 spiro atoms. The molecule has 0 aliphatic heterocycles. The predicted molar refractivity (Wildman–Crippen MR) is 77.2 cm³/mol. The van der Waals surface area contributed by atoms with Gasteiger partial charge in [0.1, 0.15) is 5.75 Å². The molecule has 1 heterocycles. The van der Waals surface area contributed by atoms with Crippen molar-refractivity contribution in [1.29, 1.82) is 0 Å². The number of nitrogens with two attached hydrogens (primary N) is 1. The van der Waals surface area contributed by atoms with E-state index in [1.165, 1.54) is 5.56 Å². The summed E-state index contributed by atoms with van der Waals surface area (Å²) in [6, 6.07) is 10.2. The van der Waals surface area contributed by atoms with E-state index >= 15 is 0 Å². The van der Waals surface area contributed by atoms with E-state index in [0.29, 0.717) is 6.61 Å². The Hall–Kier alpha value is -1.32. The van der Waals surface area contributed by atoms with Gasteiger partial charge in [-0.2, -0.15) is 11.3 Å². The van der Waals surface area contributed by atoms with Gasteiger partial charge in [0.25, 0.3) is 0 Å². The fraction of sp³-hybridized carbons (Fsp3) is 0.333. The molecule has 0 bridgehead atoms. The molecule has 0 unspecified atom stereocenters. The lowest BCUT2D eigenvalue weighted by molar-refractivity contribution is 0.316. The maximum atomic E-state index is 6.08. The highest BCUT2D eigenvalue weighted by Crippen LogP contribution is 2.25. The third-order valence-corrected chi connectivity index (χ3v) is 3.72. The Labute approximate surface area is 112 Å². The van der Waals surface area contributed by atoms with Crippen LogP contribution in [0, 0.1) is 0 Å². The van der Waals surface area contributed by atoms with Gasteiger partial charge in [-0.3, -0.25) is 0 Å². The highest BCUT2D eigenvalue weighted by atomic mass is 32.1. The van der Waals surface area contributed by atoms with E-state index in [4.69, 9.17) is 10.5 Å². The van der Waals surface area contributed by atoms with Crippen molar-refractivity contribution in [3.8, 4) is 5.75 Å². The number of ether oxygens (including phenoxy) is 1. The van der Waals surface area contributed by atoms with Gasteiger partial charge in [0.2, 0.25) is 0 Å². The highest BCUT2D eigenvalue weighted by molar-refractivity contribution is 7.07. The molecule has 0 aliphatic rings. The van der Waals surface area contributed by atoms with Crippen LogP contribution in [-0.4, -0.2) is 6.61 Å². The van der Waals surface area contributed by atoms with Gasteiger partial charge in [0.05, 0.1) is 6.61 Å². The summed E-state index contributed by atoms with van der Waals surface area (Å²) in [4.78, 5) is 0. The van der Waals surface area contributed by atoms with E-state index < -0.39 is 0 Å². The zero-order valence-electron chi connectivity index (χ0n) is 10.6. The summed E-state index contributed by atoms with van der Waals surface area (Å²) in [7, 11) is 0. The smallest absolute Gasteiger partial charge is 0.124 e. The van der Waals surface area contributed by atoms with Gasteiger partial charge >= 0.3 is 0 Å². The zero-order valence-corrected chi connectivity index (χ0v) is 11.5. The van der Waals surface area contributed by atoms with Gasteiger partial charge < -0.3 is 10.5 Å². The van der Waals surface area contributed by atoms with Crippen LogP contribution in [0.1, 0.15) is 30.5 Å². The molecule has 1 atom stereocenters. The summed E-state index contributed by atoms with van der Waals surface area (Å²) in [5.41, 5.74) is 8.52. The standard InChI is InChI=1S/C15H19NOS/c1-2-14(16)13-5-3-4-6-15(13)17-9-7-12-8-10-18-11-12/h3-6,8,10-11,14H,2,7,9,16H2,1H3/t14-/m0/s1. The number of hydrogen-bond donors (Lipinski definition) is 1. The second-order valence-electron chi connectivity index (χ2n) is 4.28. The van der Waals surface area contributed by atoms with Crippen molar-refractivity contribution in [2.45, 2.75) is 25.8 Å². The first kappa shape index (κ1) is 13.1.